The number of hydrogen-bond acceptors (Lipinski definition) is 3. The second-order valence-corrected chi connectivity index (χ2v) is 11.9. The summed E-state index contributed by atoms with van der Waals surface area (Å²) in [4.78, 5) is 25.9. The Morgan fingerprint density at radius 1 is 0.906 bits per heavy atom. The molecule has 6 unspecified atom stereocenters. The summed E-state index contributed by atoms with van der Waals surface area (Å²) in [6.45, 7) is 0. The first-order valence-corrected chi connectivity index (χ1v) is 13.3. The Balaban J connectivity index is 1.19. The lowest BCUT2D eigenvalue weighted by molar-refractivity contribution is -0.148. The van der Waals surface area contributed by atoms with E-state index in [9.17, 15) is 9.59 Å². The molecular formula is C29H38O3. The minimum absolute atomic E-state index is 0.0331. The van der Waals surface area contributed by atoms with E-state index in [1.54, 1.807) is 16.7 Å². The van der Waals surface area contributed by atoms with E-state index in [0.717, 1.165) is 44.4 Å². The van der Waals surface area contributed by atoms with E-state index >= 15 is 0 Å². The molecule has 3 nitrogen and oxygen atoms in total. The molecule has 0 aliphatic heterocycles. The number of ketones is 1. The fourth-order valence-corrected chi connectivity index (χ4v) is 8.53. The van der Waals surface area contributed by atoms with Crippen LogP contribution in [0.25, 0.3) is 0 Å². The van der Waals surface area contributed by atoms with Crippen molar-refractivity contribution in [3.8, 4) is 0 Å². The van der Waals surface area contributed by atoms with Gasteiger partial charge in [0, 0.05) is 11.8 Å². The predicted octanol–water partition coefficient (Wildman–Crippen LogP) is 6.20. The van der Waals surface area contributed by atoms with Crippen LogP contribution in [0, 0.1) is 47.3 Å². The van der Waals surface area contributed by atoms with Crippen molar-refractivity contribution in [1.82, 2.24) is 0 Å². The quantitative estimate of drug-likeness (QED) is 0.392. The van der Waals surface area contributed by atoms with Gasteiger partial charge in [0.15, 0.2) is 0 Å². The minimum atomic E-state index is -0.0331. The van der Waals surface area contributed by atoms with Gasteiger partial charge in [-0.25, -0.2) is 0 Å². The summed E-state index contributed by atoms with van der Waals surface area (Å²) in [5, 5.41) is 0. The van der Waals surface area contributed by atoms with Crippen molar-refractivity contribution in [2.75, 3.05) is 7.11 Å². The molecule has 3 heteroatoms. The summed E-state index contributed by atoms with van der Waals surface area (Å²) in [6.07, 6.45) is 21.3. The maximum absolute atomic E-state index is 13.6. The molecule has 3 fully saturated rings. The maximum atomic E-state index is 13.6. The number of carbonyl (C=O) groups excluding carboxylic acids is 2. The number of allylic oxidation sites excluding steroid dienone is 6. The van der Waals surface area contributed by atoms with Crippen LogP contribution in [0.3, 0.4) is 0 Å². The molecule has 0 aromatic heterocycles. The predicted molar refractivity (Wildman–Crippen MR) is 125 cm³/mol. The average molecular weight is 435 g/mol. The molecule has 172 valence electrons. The van der Waals surface area contributed by atoms with Gasteiger partial charge in [-0.3, -0.25) is 9.59 Å². The number of ether oxygens (including phenoxy) is 1. The molecular weight excluding hydrogens is 396 g/mol. The van der Waals surface area contributed by atoms with E-state index in [1.165, 1.54) is 45.6 Å². The molecule has 8 atom stereocenters. The van der Waals surface area contributed by atoms with Crippen LogP contribution in [0.2, 0.25) is 0 Å². The summed E-state index contributed by atoms with van der Waals surface area (Å²) in [5.41, 5.74) is 4.76. The standard InChI is InChI=1S/C29H38O3/c1-32-29(31)26-6-5-19-8-21(15-24(26)11-19)22-12-20-13-25(16-22)28(30)27(14-20)23-9-17-3-2-4-18(7-17)10-23/h5,9,12,18,21-27H,2-4,6-8,10-11,13-16H2,1H3/t18?,21?,22?,23?,24-,25?,26-,27?/m0/s1. The molecule has 6 bridgehead atoms. The Bertz CT molecular complexity index is 892. The van der Waals surface area contributed by atoms with Crippen LogP contribution < -0.4 is 0 Å². The number of hydrogen-bond donors (Lipinski definition) is 0. The molecule has 32 heavy (non-hydrogen) atoms. The molecule has 0 saturated heterocycles. The topological polar surface area (TPSA) is 43.4 Å². The highest BCUT2D eigenvalue weighted by atomic mass is 16.5. The Labute approximate surface area is 192 Å². The summed E-state index contributed by atoms with van der Waals surface area (Å²) in [6, 6.07) is 0. The van der Waals surface area contributed by atoms with Gasteiger partial charge in [-0.2, -0.15) is 0 Å². The van der Waals surface area contributed by atoms with Crippen molar-refractivity contribution in [2.45, 2.75) is 77.0 Å². The van der Waals surface area contributed by atoms with Crippen LogP contribution in [0.5, 0.6) is 0 Å². The Morgan fingerprint density at radius 2 is 1.75 bits per heavy atom. The maximum Gasteiger partial charge on any atom is 0.309 e. The van der Waals surface area contributed by atoms with Crippen molar-refractivity contribution in [1.29, 1.82) is 0 Å². The van der Waals surface area contributed by atoms with Gasteiger partial charge in [-0.1, -0.05) is 34.9 Å². The minimum Gasteiger partial charge on any atom is -0.469 e. The molecule has 6 aliphatic rings. The number of methoxy groups -OCH3 is 1. The lowest BCUT2D eigenvalue weighted by Crippen LogP contribution is -2.41. The van der Waals surface area contributed by atoms with Crippen LogP contribution in [0.4, 0.5) is 0 Å². The van der Waals surface area contributed by atoms with Crippen LogP contribution in [0.1, 0.15) is 77.0 Å². The zero-order valence-electron chi connectivity index (χ0n) is 19.6. The molecule has 0 aromatic carbocycles. The lowest BCUT2D eigenvalue weighted by atomic mass is 9.59. The van der Waals surface area contributed by atoms with Crippen molar-refractivity contribution in [2.24, 2.45) is 47.3 Å². The molecule has 0 amide bonds. The highest BCUT2D eigenvalue weighted by Crippen LogP contribution is 2.51. The van der Waals surface area contributed by atoms with E-state index in [1.807, 2.05) is 0 Å². The van der Waals surface area contributed by atoms with Gasteiger partial charge in [0.2, 0.25) is 0 Å². The van der Waals surface area contributed by atoms with Gasteiger partial charge < -0.3 is 4.74 Å². The number of fused-ring (bicyclic) bond motifs is 6. The highest BCUT2D eigenvalue weighted by Gasteiger charge is 2.45. The number of esters is 1. The SMILES string of the molecule is COC(=O)[C@H]1CC=C2CC(C3C=C4CC(C3)C(=O)C(C3C=C5CCCC(C5)C3)C4)C[C@@H]1C2. The van der Waals surface area contributed by atoms with Crippen molar-refractivity contribution in [3.05, 3.63) is 34.9 Å². The highest BCUT2D eigenvalue weighted by molar-refractivity contribution is 5.86. The molecule has 0 N–H and O–H groups in total. The van der Waals surface area contributed by atoms with Crippen LogP contribution >= 0.6 is 0 Å². The molecule has 0 heterocycles. The molecule has 0 radical (unpaired) electrons. The normalized spacial score (nSPS) is 43.0. The second-order valence-electron chi connectivity index (χ2n) is 11.9. The third-order valence-electron chi connectivity index (χ3n) is 9.99. The molecule has 6 rings (SSSR count). The Hall–Kier alpha value is -1.64. The van der Waals surface area contributed by atoms with E-state index in [2.05, 4.69) is 18.2 Å². The Morgan fingerprint density at radius 3 is 2.59 bits per heavy atom. The van der Waals surface area contributed by atoms with Gasteiger partial charge in [0.05, 0.1) is 13.0 Å². The first-order chi connectivity index (χ1) is 15.6. The van der Waals surface area contributed by atoms with Gasteiger partial charge in [-0.15, -0.1) is 0 Å². The summed E-state index contributed by atoms with van der Waals surface area (Å²) >= 11 is 0. The number of carbonyl (C=O) groups is 2. The molecule has 0 spiro atoms. The van der Waals surface area contributed by atoms with Crippen LogP contribution in [0.15, 0.2) is 34.9 Å². The summed E-state index contributed by atoms with van der Waals surface area (Å²) < 4.78 is 5.10. The van der Waals surface area contributed by atoms with Crippen molar-refractivity contribution >= 4 is 11.8 Å². The second kappa shape index (κ2) is 8.29. The fourth-order valence-electron chi connectivity index (χ4n) is 8.53. The van der Waals surface area contributed by atoms with E-state index in [-0.39, 0.29) is 23.7 Å². The first-order valence-electron chi connectivity index (χ1n) is 13.3. The van der Waals surface area contributed by atoms with Crippen LogP contribution in [-0.2, 0) is 14.3 Å². The molecule has 0 aromatic rings. The van der Waals surface area contributed by atoms with E-state index in [4.69, 9.17) is 4.74 Å². The zero-order chi connectivity index (χ0) is 21.8. The number of Topliss-reactive ketones (excluding diaryl/α,β-unsaturated/α-hetero) is 1. The lowest BCUT2D eigenvalue weighted by Gasteiger charge is -2.45. The summed E-state index contributed by atoms with van der Waals surface area (Å²) in [7, 11) is 1.52. The van der Waals surface area contributed by atoms with E-state index < -0.39 is 0 Å². The van der Waals surface area contributed by atoms with Gasteiger partial charge in [0.1, 0.15) is 5.78 Å². The zero-order valence-corrected chi connectivity index (χ0v) is 19.6. The smallest absolute Gasteiger partial charge is 0.309 e. The fraction of sp³-hybridized carbons (Fsp3) is 0.724. The molecule has 3 saturated carbocycles. The van der Waals surface area contributed by atoms with Crippen molar-refractivity contribution < 1.29 is 14.3 Å². The third kappa shape index (κ3) is 3.74. The van der Waals surface area contributed by atoms with Gasteiger partial charge in [0.25, 0.3) is 0 Å². The average Bonchev–Trinajstić information content (AvgIpc) is 2.80. The van der Waals surface area contributed by atoms with Crippen molar-refractivity contribution in [3.63, 3.8) is 0 Å². The number of rotatable bonds is 3. The first kappa shape index (κ1) is 20.9. The third-order valence-corrected chi connectivity index (χ3v) is 9.99. The molecule has 6 aliphatic carbocycles. The van der Waals surface area contributed by atoms with Gasteiger partial charge in [-0.05, 0) is 107 Å². The van der Waals surface area contributed by atoms with E-state index in [0.29, 0.717) is 29.5 Å². The monoisotopic (exact) mass is 434 g/mol. The van der Waals surface area contributed by atoms with Gasteiger partial charge >= 0.3 is 5.97 Å². The largest absolute Gasteiger partial charge is 0.469 e. The Kier molecular flexibility index (Phi) is 5.42. The summed E-state index contributed by atoms with van der Waals surface area (Å²) in [5.74, 6) is 3.93. The van der Waals surface area contributed by atoms with Crippen LogP contribution in [-0.4, -0.2) is 18.9 Å².